The first-order valence-electron chi connectivity index (χ1n) is 11.3. The van der Waals surface area contributed by atoms with Crippen LogP contribution in [0.3, 0.4) is 0 Å². The van der Waals surface area contributed by atoms with E-state index < -0.39 is 23.8 Å². The average Bonchev–Trinajstić information content (AvgIpc) is 2.90. The van der Waals surface area contributed by atoms with Gasteiger partial charge >= 0.3 is 12.0 Å². The third kappa shape index (κ3) is 5.51. The Morgan fingerprint density at radius 1 is 0.919 bits per heavy atom. The zero-order valence-corrected chi connectivity index (χ0v) is 20.4. The van der Waals surface area contributed by atoms with Gasteiger partial charge in [-0.1, -0.05) is 35.9 Å². The maximum Gasteiger partial charge on any atom is 0.337 e. The van der Waals surface area contributed by atoms with E-state index in [1.54, 1.807) is 18.2 Å². The molecule has 0 radical (unpaired) electrons. The summed E-state index contributed by atoms with van der Waals surface area (Å²) in [5.41, 5.74) is 2.83. The highest BCUT2D eigenvalue weighted by Crippen LogP contribution is 2.30. The van der Waals surface area contributed by atoms with Gasteiger partial charge < -0.3 is 14.2 Å². The summed E-state index contributed by atoms with van der Waals surface area (Å²) in [4.78, 5) is 50.6. The first-order chi connectivity index (χ1) is 17.8. The lowest BCUT2D eigenvalue weighted by atomic mass is 10.1. The molecule has 0 atom stereocenters. The molecule has 0 spiro atoms. The number of carbonyl (C=O) groups is 4. The lowest BCUT2D eigenvalue weighted by molar-refractivity contribution is -0.122. The van der Waals surface area contributed by atoms with Crippen molar-refractivity contribution in [3.8, 4) is 11.5 Å². The predicted molar refractivity (Wildman–Crippen MR) is 135 cm³/mol. The number of hydrogen-bond donors (Lipinski definition) is 1. The van der Waals surface area contributed by atoms with Gasteiger partial charge in [-0.25, -0.2) is 14.5 Å². The number of aryl methyl sites for hydroxylation is 1. The Kier molecular flexibility index (Phi) is 7.34. The van der Waals surface area contributed by atoms with Crippen molar-refractivity contribution in [1.82, 2.24) is 5.32 Å². The number of benzene rings is 3. The van der Waals surface area contributed by atoms with Crippen LogP contribution in [0.4, 0.5) is 10.5 Å². The summed E-state index contributed by atoms with van der Waals surface area (Å²) in [6.07, 6.45) is 1.37. The minimum atomic E-state index is -0.893. The highest BCUT2D eigenvalue weighted by atomic mass is 16.5. The highest BCUT2D eigenvalue weighted by molar-refractivity contribution is 6.39. The van der Waals surface area contributed by atoms with Crippen LogP contribution in [-0.2, 0) is 20.9 Å². The molecule has 1 N–H and O–H groups in total. The molecule has 3 aromatic carbocycles. The Bertz CT molecular complexity index is 1390. The fraction of sp³-hybridized carbons (Fsp3) is 0.143. The summed E-state index contributed by atoms with van der Waals surface area (Å²) >= 11 is 0. The normalized spacial score (nSPS) is 14.4. The quantitative estimate of drug-likeness (QED) is 0.296. The molecular formula is C28H24N2O7. The van der Waals surface area contributed by atoms with Gasteiger partial charge in [-0.3, -0.25) is 14.9 Å². The molecule has 4 rings (SSSR count). The van der Waals surface area contributed by atoms with Gasteiger partial charge in [0.2, 0.25) is 0 Å². The number of ether oxygens (including phenoxy) is 3. The van der Waals surface area contributed by atoms with Gasteiger partial charge in [-0.15, -0.1) is 0 Å². The van der Waals surface area contributed by atoms with Crippen molar-refractivity contribution in [3.05, 3.63) is 94.6 Å². The summed E-state index contributed by atoms with van der Waals surface area (Å²) in [6, 6.07) is 17.7. The highest BCUT2D eigenvalue weighted by Gasteiger charge is 2.36. The SMILES string of the molecule is COC(=O)c1ccc(N2C(=O)NC(=O)/C(=C\c3ccc(OCc4ccc(C)cc4)c(OC)c3)C2=O)cc1. The fourth-order valence-corrected chi connectivity index (χ4v) is 3.66. The number of carbonyl (C=O) groups excluding carboxylic acids is 4. The van der Waals surface area contributed by atoms with E-state index in [-0.39, 0.29) is 16.8 Å². The van der Waals surface area contributed by atoms with Crippen LogP contribution in [-0.4, -0.2) is 38.0 Å². The second kappa shape index (κ2) is 10.8. The summed E-state index contributed by atoms with van der Waals surface area (Å²) in [7, 11) is 2.74. The Labute approximate surface area is 213 Å². The van der Waals surface area contributed by atoms with Crippen molar-refractivity contribution >= 4 is 35.6 Å². The number of methoxy groups -OCH3 is 2. The second-order valence-corrected chi connectivity index (χ2v) is 8.18. The van der Waals surface area contributed by atoms with Gasteiger partial charge in [0.05, 0.1) is 25.5 Å². The van der Waals surface area contributed by atoms with Crippen LogP contribution in [0, 0.1) is 6.92 Å². The molecule has 9 nitrogen and oxygen atoms in total. The maximum absolute atomic E-state index is 13.2. The molecule has 0 aliphatic carbocycles. The van der Waals surface area contributed by atoms with E-state index in [2.05, 4.69) is 10.1 Å². The van der Waals surface area contributed by atoms with Gasteiger partial charge in [0.1, 0.15) is 12.2 Å². The van der Waals surface area contributed by atoms with Crippen molar-refractivity contribution < 1.29 is 33.4 Å². The lowest BCUT2D eigenvalue weighted by Gasteiger charge is -2.26. The minimum absolute atomic E-state index is 0.186. The zero-order chi connectivity index (χ0) is 26.5. The van der Waals surface area contributed by atoms with Crippen LogP contribution in [0.1, 0.15) is 27.0 Å². The number of urea groups is 1. The molecule has 37 heavy (non-hydrogen) atoms. The van der Waals surface area contributed by atoms with Crippen molar-refractivity contribution in [1.29, 1.82) is 0 Å². The first-order valence-corrected chi connectivity index (χ1v) is 11.3. The minimum Gasteiger partial charge on any atom is -0.493 e. The van der Waals surface area contributed by atoms with Crippen molar-refractivity contribution in [2.24, 2.45) is 0 Å². The number of hydrogen-bond acceptors (Lipinski definition) is 7. The molecule has 1 fully saturated rings. The number of barbiturate groups is 1. The summed E-state index contributed by atoms with van der Waals surface area (Å²) in [6.45, 7) is 2.35. The van der Waals surface area contributed by atoms with Gasteiger partial charge in [0, 0.05) is 0 Å². The van der Waals surface area contributed by atoms with Gasteiger partial charge in [-0.2, -0.15) is 0 Å². The van der Waals surface area contributed by atoms with Crippen LogP contribution in [0.25, 0.3) is 6.08 Å². The van der Waals surface area contributed by atoms with E-state index in [0.717, 1.165) is 16.0 Å². The summed E-state index contributed by atoms with van der Waals surface area (Å²) < 4.78 is 16.0. The molecule has 0 bridgehead atoms. The number of imide groups is 2. The van der Waals surface area contributed by atoms with E-state index in [1.165, 1.54) is 44.6 Å². The topological polar surface area (TPSA) is 111 Å². The van der Waals surface area contributed by atoms with E-state index >= 15 is 0 Å². The van der Waals surface area contributed by atoms with E-state index in [4.69, 9.17) is 9.47 Å². The second-order valence-electron chi connectivity index (χ2n) is 8.18. The largest absolute Gasteiger partial charge is 0.493 e. The van der Waals surface area contributed by atoms with Gasteiger partial charge in [0.25, 0.3) is 11.8 Å². The molecular weight excluding hydrogens is 476 g/mol. The third-order valence-corrected chi connectivity index (χ3v) is 5.66. The van der Waals surface area contributed by atoms with Crippen molar-refractivity contribution in [3.63, 3.8) is 0 Å². The molecule has 9 heteroatoms. The molecule has 0 saturated carbocycles. The maximum atomic E-state index is 13.2. The van der Waals surface area contributed by atoms with Crippen molar-refractivity contribution in [2.45, 2.75) is 13.5 Å². The Morgan fingerprint density at radius 2 is 1.62 bits per heavy atom. The first kappa shape index (κ1) is 25.2. The van der Waals surface area contributed by atoms with Gasteiger partial charge in [0.15, 0.2) is 11.5 Å². The molecule has 1 aliphatic rings. The number of rotatable bonds is 7. The molecule has 1 aliphatic heterocycles. The molecule has 1 heterocycles. The number of esters is 1. The predicted octanol–water partition coefficient (Wildman–Crippen LogP) is 4.04. The standard InChI is InChI=1S/C28H24N2O7/c1-17-4-6-18(7-5-17)16-37-23-13-8-19(15-24(23)35-2)14-22-25(31)29-28(34)30(26(22)32)21-11-9-20(10-12-21)27(33)36-3/h4-15H,16H2,1-3H3,(H,29,31,34)/b22-14+. The van der Waals surface area contributed by atoms with Crippen LogP contribution in [0.5, 0.6) is 11.5 Å². The molecule has 188 valence electrons. The van der Waals surface area contributed by atoms with Crippen LogP contribution in [0.15, 0.2) is 72.3 Å². The van der Waals surface area contributed by atoms with Gasteiger partial charge in [-0.05, 0) is 60.5 Å². The number of amides is 4. The van der Waals surface area contributed by atoms with E-state index in [0.29, 0.717) is 23.7 Å². The molecule has 0 aromatic heterocycles. The third-order valence-electron chi connectivity index (χ3n) is 5.66. The number of nitrogens with zero attached hydrogens (tertiary/aromatic N) is 1. The van der Waals surface area contributed by atoms with E-state index in [9.17, 15) is 19.2 Å². The lowest BCUT2D eigenvalue weighted by Crippen LogP contribution is -2.54. The summed E-state index contributed by atoms with van der Waals surface area (Å²) in [5.74, 6) is -1.28. The monoisotopic (exact) mass is 500 g/mol. The molecule has 3 aromatic rings. The Morgan fingerprint density at radius 3 is 2.27 bits per heavy atom. The van der Waals surface area contributed by atoms with Crippen LogP contribution >= 0.6 is 0 Å². The summed E-state index contributed by atoms with van der Waals surface area (Å²) in [5, 5.41) is 2.17. The van der Waals surface area contributed by atoms with E-state index in [1.807, 2.05) is 31.2 Å². The van der Waals surface area contributed by atoms with Crippen LogP contribution < -0.4 is 19.7 Å². The number of anilines is 1. The van der Waals surface area contributed by atoms with Crippen molar-refractivity contribution in [2.75, 3.05) is 19.1 Å². The molecule has 0 unspecified atom stereocenters. The molecule has 1 saturated heterocycles. The smallest absolute Gasteiger partial charge is 0.337 e. The molecule has 4 amide bonds. The van der Waals surface area contributed by atoms with Crippen LogP contribution in [0.2, 0.25) is 0 Å². The number of nitrogens with one attached hydrogen (secondary N) is 1. The Hall–Kier alpha value is -4.92. The Balaban J connectivity index is 1.57. The fourth-order valence-electron chi connectivity index (χ4n) is 3.66. The zero-order valence-electron chi connectivity index (χ0n) is 20.4. The average molecular weight is 501 g/mol.